The van der Waals surface area contributed by atoms with Gasteiger partial charge in [0.1, 0.15) is 0 Å². The summed E-state index contributed by atoms with van der Waals surface area (Å²) in [5.74, 6) is 1.58. The highest BCUT2D eigenvalue weighted by molar-refractivity contribution is 14.0. The molecule has 1 aliphatic carbocycles. The van der Waals surface area contributed by atoms with E-state index in [1.807, 2.05) is 13.8 Å². The van der Waals surface area contributed by atoms with Gasteiger partial charge in [0.05, 0.1) is 12.1 Å². The molecule has 1 rings (SSSR count). The van der Waals surface area contributed by atoms with Crippen LogP contribution in [0.4, 0.5) is 0 Å². The molecule has 0 amide bonds. The van der Waals surface area contributed by atoms with Crippen LogP contribution in [0.1, 0.15) is 47.0 Å². The molecule has 0 heterocycles. The van der Waals surface area contributed by atoms with E-state index in [0.29, 0.717) is 12.6 Å². The number of aliphatic imine (C=N–C) groups is 1. The van der Waals surface area contributed by atoms with Gasteiger partial charge in [0, 0.05) is 12.6 Å². The van der Waals surface area contributed by atoms with Crippen molar-refractivity contribution in [3.05, 3.63) is 0 Å². The number of hydrogen-bond donors (Lipinski definition) is 3. The lowest BCUT2D eigenvalue weighted by atomic mass is 9.98. The molecule has 0 radical (unpaired) electrons. The normalized spacial score (nSPS) is 23.3. The van der Waals surface area contributed by atoms with Crippen molar-refractivity contribution in [1.29, 1.82) is 0 Å². The second-order valence-electron chi connectivity index (χ2n) is 5.09. The maximum Gasteiger partial charge on any atom is 0.191 e. The molecule has 2 unspecified atom stereocenters. The van der Waals surface area contributed by atoms with Crippen molar-refractivity contribution in [2.45, 2.75) is 58.6 Å². The molecule has 0 spiro atoms. The third-order valence-corrected chi connectivity index (χ3v) is 3.62. The molecule has 2 atom stereocenters. The van der Waals surface area contributed by atoms with E-state index in [0.717, 1.165) is 31.3 Å². The predicted molar refractivity (Wildman–Crippen MR) is 87.6 cm³/mol. The molecule has 1 fully saturated rings. The Hall–Kier alpha value is -0.0400. The Morgan fingerprint density at radius 2 is 1.89 bits per heavy atom. The number of aliphatic hydroxyl groups is 1. The molecule has 0 aromatic carbocycles. The van der Waals surface area contributed by atoms with Gasteiger partial charge in [0.25, 0.3) is 0 Å². The van der Waals surface area contributed by atoms with E-state index >= 15 is 0 Å². The third-order valence-electron chi connectivity index (χ3n) is 3.62. The minimum absolute atomic E-state index is 0. The highest BCUT2D eigenvalue weighted by Gasteiger charge is 2.33. The summed E-state index contributed by atoms with van der Waals surface area (Å²) in [6, 6.07) is 0.559. The van der Waals surface area contributed by atoms with Crippen LogP contribution in [-0.4, -0.2) is 35.8 Å². The van der Waals surface area contributed by atoms with Crippen LogP contribution in [0.15, 0.2) is 4.99 Å². The highest BCUT2D eigenvalue weighted by Crippen LogP contribution is 2.28. The Morgan fingerprint density at radius 3 is 2.28 bits per heavy atom. The average molecular weight is 369 g/mol. The van der Waals surface area contributed by atoms with E-state index in [1.165, 1.54) is 6.42 Å². The monoisotopic (exact) mass is 369 g/mol. The van der Waals surface area contributed by atoms with Crippen LogP contribution in [0.5, 0.6) is 0 Å². The lowest BCUT2D eigenvalue weighted by molar-refractivity contribution is 0.0418. The maximum absolute atomic E-state index is 10.2. The summed E-state index contributed by atoms with van der Waals surface area (Å²) in [5, 5.41) is 16.8. The topological polar surface area (TPSA) is 56.7 Å². The molecule has 1 saturated carbocycles. The summed E-state index contributed by atoms with van der Waals surface area (Å²) in [6.45, 7) is 9.61. The van der Waals surface area contributed by atoms with Gasteiger partial charge in [0.15, 0.2) is 5.96 Å². The number of halogens is 1. The standard InChI is InChI=1S/C13H27N3O.HI/c1-5-13(17,6-2)9-15-12(14-7-3)16-11-8-10(11)4;/h10-11,17H,5-9H2,1-4H3,(H2,14,15,16);1H. The molecule has 4 nitrogen and oxygen atoms in total. The van der Waals surface area contributed by atoms with E-state index in [9.17, 15) is 5.11 Å². The van der Waals surface area contributed by atoms with Gasteiger partial charge in [0.2, 0.25) is 0 Å². The van der Waals surface area contributed by atoms with Gasteiger partial charge < -0.3 is 15.7 Å². The Kier molecular flexibility index (Phi) is 8.18. The molecule has 5 heteroatoms. The molecule has 0 aromatic rings. The zero-order valence-electron chi connectivity index (χ0n) is 12.0. The Balaban J connectivity index is 0.00000289. The minimum atomic E-state index is -0.655. The summed E-state index contributed by atoms with van der Waals surface area (Å²) in [6.07, 6.45) is 2.70. The van der Waals surface area contributed by atoms with Crippen LogP contribution in [0.25, 0.3) is 0 Å². The van der Waals surface area contributed by atoms with Crippen LogP contribution < -0.4 is 10.6 Å². The minimum Gasteiger partial charge on any atom is -0.388 e. The van der Waals surface area contributed by atoms with E-state index in [-0.39, 0.29) is 24.0 Å². The summed E-state index contributed by atoms with van der Waals surface area (Å²) < 4.78 is 0. The molecular formula is C13H28IN3O. The van der Waals surface area contributed by atoms with Crippen molar-refractivity contribution >= 4 is 29.9 Å². The maximum atomic E-state index is 10.2. The fourth-order valence-electron chi connectivity index (χ4n) is 1.72. The molecule has 108 valence electrons. The van der Waals surface area contributed by atoms with Gasteiger partial charge in [-0.3, -0.25) is 4.99 Å². The molecule has 0 aliphatic heterocycles. The van der Waals surface area contributed by atoms with Crippen LogP contribution in [0.3, 0.4) is 0 Å². The van der Waals surface area contributed by atoms with Gasteiger partial charge in [-0.2, -0.15) is 0 Å². The first-order chi connectivity index (χ1) is 8.04. The fraction of sp³-hybridized carbons (Fsp3) is 0.923. The van der Waals surface area contributed by atoms with Gasteiger partial charge in [-0.15, -0.1) is 24.0 Å². The first-order valence-electron chi connectivity index (χ1n) is 6.81. The lowest BCUT2D eigenvalue weighted by Gasteiger charge is -2.23. The molecular weight excluding hydrogens is 341 g/mol. The van der Waals surface area contributed by atoms with Crippen LogP contribution in [0.2, 0.25) is 0 Å². The van der Waals surface area contributed by atoms with Crippen molar-refractivity contribution in [3.63, 3.8) is 0 Å². The van der Waals surface area contributed by atoms with Crippen molar-refractivity contribution in [1.82, 2.24) is 10.6 Å². The molecule has 0 saturated heterocycles. The second kappa shape index (κ2) is 8.19. The predicted octanol–water partition coefficient (Wildman–Crippen LogP) is 2.12. The highest BCUT2D eigenvalue weighted by atomic mass is 127. The summed E-state index contributed by atoms with van der Waals surface area (Å²) in [5.41, 5.74) is -0.655. The first-order valence-corrected chi connectivity index (χ1v) is 6.81. The molecule has 0 bridgehead atoms. The van der Waals surface area contributed by atoms with Gasteiger partial charge in [-0.1, -0.05) is 20.8 Å². The number of nitrogens with one attached hydrogen (secondary N) is 2. The number of hydrogen-bond acceptors (Lipinski definition) is 2. The summed E-state index contributed by atoms with van der Waals surface area (Å²) >= 11 is 0. The van der Waals surface area contributed by atoms with E-state index in [4.69, 9.17) is 0 Å². The van der Waals surface area contributed by atoms with Crippen LogP contribution in [0, 0.1) is 5.92 Å². The summed E-state index contributed by atoms with van der Waals surface area (Å²) in [4.78, 5) is 4.49. The van der Waals surface area contributed by atoms with Gasteiger partial charge in [-0.05, 0) is 32.1 Å². The lowest BCUT2D eigenvalue weighted by Crippen LogP contribution is -2.41. The molecule has 0 aromatic heterocycles. The second-order valence-corrected chi connectivity index (χ2v) is 5.09. The van der Waals surface area contributed by atoms with E-state index in [2.05, 4.69) is 29.5 Å². The zero-order valence-corrected chi connectivity index (χ0v) is 14.3. The SMILES string of the molecule is CCNC(=NCC(O)(CC)CC)NC1CC1C.I. The van der Waals surface area contributed by atoms with Crippen molar-refractivity contribution in [2.24, 2.45) is 10.9 Å². The van der Waals surface area contributed by atoms with Gasteiger partial charge in [-0.25, -0.2) is 0 Å². The molecule has 18 heavy (non-hydrogen) atoms. The molecule has 3 N–H and O–H groups in total. The number of rotatable bonds is 6. The molecule has 1 aliphatic rings. The smallest absolute Gasteiger partial charge is 0.191 e. The zero-order chi connectivity index (χ0) is 12.9. The fourth-order valence-corrected chi connectivity index (χ4v) is 1.72. The third kappa shape index (κ3) is 5.73. The summed E-state index contributed by atoms with van der Waals surface area (Å²) in [7, 11) is 0. The van der Waals surface area contributed by atoms with E-state index < -0.39 is 5.60 Å². The van der Waals surface area contributed by atoms with E-state index in [1.54, 1.807) is 0 Å². The van der Waals surface area contributed by atoms with Crippen LogP contribution >= 0.6 is 24.0 Å². The van der Waals surface area contributed by atoms with Gasteiger partial charge >= 0.3 is 0 Å². The Labute approximate surface area is 128 Å². The quantitative estimate of drug-likeness (QED) is 0.382. The van der Waals surface area contributed by atoms with Crippen molar-refractivity contribution in [2.75, 3.05) is 13.1 Å². The number of nitrogens with zero attached hydrogens (tertiary/aromatic N) is 1. The Morgan fingerprint density at radius 1 is 1.33 bits per heavy atom. The number of guanidine groups is 1. The first kappa shape index (κ1) is 18.0. The average Bonchev–Trinajstić information content (AvgIpc) is 3.02. The Bertz CT molecular complexity index is 267. The van der Waals surface area contributed by atoms with Crippen molar-refractivity contribution in [3.8, 4) is 0 Å². The van der Waals surface area contributed by atoms with Crippen LogP contribution in [-0.2, 0) is 0 Å². The largest absolute Gasteiger partial charge is 0.388 e. The van der Waals surface area contributed by atoms with Crippen molar-refractivity contribution < 1.29 is 5.11 Å².